The number of ketones is 1. The van der Waals surface area contributed by atoms with Crippen LogP contribution in [0, 0.1) is 11.2 Å². The molecule has 0 saturated heterocycles. The van der Waals surface area contributed by atoms with E-state index in [1.807, 2.05) is 12.1 Å². The number of anilines is 1. The zero-order valence-corrected chi connectivity index (χ0v) is 20.3. The quantitative estimate of drug-likeness (QED) is 0.565. The van der Waals surface area contributed by atoms with Crippen molar-refractivity contribution in [3.8, 4) is 28.6 Å². The highest BCUT2D eigenvalue weighted by atomic mass is 19.1. The minimum atomic E-state index is -0.605. The Hall–Kier alpha value is -3.88. The molecule has 5 rings (SSSR count). The smallest absolute Gasteiger partial charge is 0.226 e. The molecule has 1 aliphatic carbocycles. The number of carbonyl (C=O) groups is 1. The SMILES string of the molecule is COc1cc(C2C3=C(CC(C)(C)CC3=O)Nc3nc(-c4ccccc4F)nn32)cc(OC)c1OC. The zero-order valence-electron chi connectivity index (χ0n) is 20.3. The predicted octanol–water partition coefficient (Wildman–Crippen LogP) is 4.77. The van der Waals surface area contributed by atoms with Gasteiger partial charge in [0.15, 0.2) is 23.1 Å². The Morgan fingerprint density at radius 1 is 1.06 bits per heavy atom. The summed E-state index contributed by atoms with van der Waals surface area (Å²) in [5.41, 5.74) is 2.19. The first kappa shape index (κ1) is 22.9. The fourth-order valence-corrected chi connectivity index (χ4v) is 4.93. The molecule has 8 nitrogen and oxygen atoms in total. The normalized spacial score (nSPS) is 18.5. The third-order valence-corrected chi connectivity index (χ3v) is 6.45. The monoisotopic (exact) mass is 478 g/mol. The number of ether oxygens (including phenoxy) is 3. The molecule has 1 aliphatic heterocycles. The molecular formula is C26H27FN4O4. The molecule has 3 aromatic rings. The minimum absolute atomic E-state index is 0.0242. The van der Waals surface area contributed by atoms with Crippen LogP contribution in [0.25, 0.3) is 11.4 Å². The van der Waals surface area contributed by atoms with Crippen molar-refractivity contribution in [1.82, 2.24) is 14.8 Å². The van der Waals surface area contributed by atoms with Crippen LogP contribution in [0.3, 0.4) is 0 Å². The van der Waals surface area contributed by atoms with Gasteiger partial charge >= 0.3 is 0 Å². The van der Waals surface area contributed by atoms with Crippen molar-refractivity contribution in [2.45, 2.75) is 32.7 Å². The Morgan fingerprint density at radius 3 is 2.37 bits per heavy atom. The van der Waals surface area contributed by atoms with Crippen LogP contribution >= 0.6 is 0 Å². The Bertz CT molecular complexity index is 1340. The summed E-state index contributed by atoms with van der Waals surface area (Å²) in [5, 5.41) is 7.97. The van der Waals surface area contributed by atoms with E-state index in [2.05, 4.69) is 29.2 Å². The van der Waals surface area contributed by atoms with Crippen molar-refractivity contribution in [1.29, 1.82) is 0 Å². The summed E-state index contributed by atoms with van der Waals surface area (Å²) in [5.74, 6) is 1.64. The molecule has 0 radical (unpaired) electrons. The van der Waals surface area contributed by atoms with Crippen molar-refractivity contribution in [3.63, 3.8) is 0 Å². The summed E-state index contributed by atoms with van der Waals surface area (Å²) in [6.45, 7) is 4.13. The third-order valence-electron chi connectivity index (χ3n) is 6.45. The topological polar surface area (TPSA) is 87.5 Å². The molecule has 1 unspecified atom stereocenters. The Kier molecular flexibility index (Phi) is 5.50. The van der Waals surface area contributed by atoms with Crippen molar-refractivity contribution in [2.75, 3.05) is 26.6 Å². The molecule has 1 atom stereocenters. The van der Waals surface area contributed by atoms with Gasteiger partial charge in [-0.1, -0.05) is 26.0 Å². The lowest BCUT2D eigenvalue weighted by Crippen LogP contribution is -2.36. The van der Waals surface area contributed by atoms with Gasteiger partial charge in [-0.05, 0) is 41.7 Å². The van der Waals surface area contributed by atoms with Gasteiger partial charge < -0.3 is 19.5 Å². The number of aromatic nitrogens is 3. The first-order chi connectivity index (χ1) is 16.8. The number of Topliss-reactive ketones (excluding diaryl/α,β-unsaturated/α-hetero) is 1. The van der Waals surface area contributed by atoms with Crippen LogP contribution in [0.2, 0.25) is 0 Å². The molecule has 35 heavy (non-hydrogen) atoms. The molecule has 2 heterocycles. The van der Waals surface area contributed by atoms with Gasteiger partial charge in [-0.2, -0.15) is 4.98 Å². The lowest BCUT2D eigenvalue weighted by molar-refractivity contribution is -0.118. The number of carbonyl (C=O) groups excluding carboxylic acids is 1. The summed E-state index contributed by atoms with van der Waals surface area (Å²) >= 11 is 0. The van der Waals surface area contributed by atoms with Crippen molar-refractivity contribution in [3.05, 3.63) is 59.0 Å². The zero-order chi connectivity index (χ0) is 24.9. The average Bonchev–Trinajstić information content (AvgIpc) is 3.24. The maximum atomic E-state index is 14.6. The van der Waals surface area contributed by atoms with Crippen LogP contribution in [0.4, 0.5) is 10.3 Å². The van der Waals surface area contributed by atoms with E-state index in [0.717, 1.165) is 5.70 Å². The minimum Gasteiger partial charge on any atom is -0.493 e. The predicted molar refractivity (Wildman–Crippen MR) is 128 cm³/mol. The van der Waals surface area contributed by atoms with Gasteiger partial charge in [0.2, 0.25) is 11.7 Å². The molecule has 0 bridgehead atoms. The maximum absolute atomic E-state index is 14.6. The van der Waals surface area contributed by atoms with Crippen LogP contribution in [-0.4, -0.2) is 41.9 Å². The summed E-state index contributed by atoms with van der Waals surface area (Å²) in [7, 11) is 4.62. The van der Waals surface area contributed by atoms with Gasteiger partial charge in [-0.25, -0.2) is 9.07 Å². The second-order valence-electron chi connectivity index (χ2n) is 9.50. The summed E-state index contributed by atoms with van der Waals surface area (Å²) in [4.78, 5) is 18.1. The van der Waals surface area contributed by atoms with Crippen LogP contribution < -0.4 is 19.5 Å². The number of nitrogens with one attached hydrogen (secondary N) is 1. The molecule has 1 N–H and O–H groups in total. The number of fused-ring (bicyclic) bond motifs is 1. The third kappa shape index (κ3) is 3.80. The number of hydrogen-bond acceptors (Lipinski definition) is 7. The number of halogens is 1. The van der Waals surface area contributed by atoms with E-state index in [-0.39, 0.29) is 22.6 Å². The van der Waals surface area contributed by atoms with E-state index in [0.29, 0.717) is 47.2 Å². The second kappa shape index (κ2) is 8.41. The molecule has 1 aromatic heterocycles. The fraction of sp³-hybridized carbons (Fsp3) is 0.346. The molecule has 2 aromatic carbocycles. The van der Waals surface area contributed by atoms with E-state index < -0.39 is 11.9 Å². The standard InChI is InChI=1S/C26H27FN4O4/c1-26(2)12-17-21(18(32)13-26)22(14-10-19(33-3)23(35-5)20(11-14)34-4)31-25(28-17)29-24(30-31)15-8-6-7-9-16(15)27/h6-11,22H,12-13H2,1-5H3,(H,28,29,30). The first-order valence-electron chi connectivity index (χ1n) is 11.3. The number of hydrogen-bond donors (Lipinski definition) is 1. The van der Waals surface area contributed by atoms with E-state index in [9.17, 15) is 9.18 Å². The van der Waals surface area contributed by atoms with E-state index in [1.165, 1.54) is 13.2 Å². The number of nitrogens with zero attached hydrogens (tertiary/aromatic N) is 3. The number of allylic oxidation sites excluding steroid dienone is 2. The van der Waals surface area contributed by atoms with Gasteiger partial charge in [0.25, 0.3) is 0 Å². The van der Waals surface area contributed by atoms with Crippen LogP contribution in [-0.2, 0) is 4.79 Å². The first-order valence-corrected chi connectivity index (χ1v) is 11.3. The molecule has 9 heteroatoms. The Labute approximate surface area is 202 Å². The Balaban J connectivity index is 1.74. The number of rotatable bonds is 5. The molecule has 182 valence electrons. The van der Waals surface area contributed by atoms with Crippen LogP contribution in [0.1, 0.15) is 38.3 Å². The largest absolute Gasteiger partial charge is 0.493 e. The number of benzene rings is 2. The van der Waals surface area contributed by atoms with Gasteiger partial charge in [0, 0.05) is 17.7 Å². The maximum Gasteiger partial charge on any atom is 0.226 e. The summed E-state index contributed by atoms with van der Waals surface area (Å²) in [6, 6.07) is 9.37. The molecular weight excluding hydrogens is 451 g/mol. The average molecular weight is 479 g/mol. The molecule has 0 amide bonds. The highest BCUT2D eigenvalue weighted by Crippen LogP contribution is 2.48. The van der Waals surface area contributed by atoms with Crippen molar-refractivity contribution in [2.24, 2.45) is 5.41 Å². The van der Waals surface area contributed by atoms with Gasteiger partial charge in [0.05, 0.1) is 26.9 Å². The lowest BCUT2D eigenvalue weighted by Gasteiger charge is -2.38. The highest BCUT2D eigenvalue weighted by Gasteiger charge is 2.42. The number of methoxy groups -OCH3 is 3. The van der Waals surface area contributed by atoms with E-state index in [4.69, 9.17) is 14.2 Å². The fourth-order valence-electron chi connectivity index (χ4n) is 4.93. The summed E-state index contributed by atoms with van der Waals surface area (Å²) < 4.78 is 32.8. The highest BCUT2D eigenvalue weighted by molar-refractivity contribution is 6.00. The van der Waals surface area contributed by atoms with E-state index >= 15 is 0 Å². The molecule has 2 aliphatic rings. The van der Waals surface area contributed by atoms with Gasteiger partial charge in [-0.3, -0.25) is 4.79 Å². The van der Waals surface area contributed by atoms with Gasteiger partial charge in [0.1, 0.15) is 11.9 Å². The van der Waals surface area contributed by atoms with Gasteiger partial charge in [-0.15, -0.1) is 5.10 Å². The lowest BCUT2D eigenvalue weighted by atomic mass is 9.73. The second-order valence-corrected chi connectivity index (χ2v) is 9.50. The molecule has 0 spiro atoms. The van der Waals surface area contributed by atoms with Crippen molar-refractivity contribution >= 4 is 11.7 Å². The van der Waals surface area contributed by atoms with Crippen LogP contribution in [0.5, 0.6) is 17.2 Å². The Morgan fingerprint density at radius 2 is 1.74 bits per heavy atom. The summed E-state index contributed by atoms with van der Waals surface area (Å²) in [6.07, 6.45) is 1.07. The van der Waals surface area contributed by atoms with Crippen molar-refractivity contribution < 1.29 is 23.4 Å². The molecule has 0 saturated carbocycles. The van der Waals surface area contributed by atoms with Crippen LogP contribution in [0.15, 0.2) is 47.7 Å². The van der Waals surface area contributed by atoms with E-state index in [1.54, 1.807) is 37.1 Å². The molecule has 0 fully saturated rings.